The van der Waals surface area contributed by atoms with Gasteiger partial charge in [-0.1, -0.05) is 26.0 Å². The topological polar surface area (TPSA) is 15.7 Å². The van der Waals surface area contributed by atoms with E-state index in [4.69, 9.17) is 4.74 Å². The van der Waals surface area contributed by atoms with Gasteiger partial charge in [-0.2, -0.15) is 0 Å². The first-order chi connectivity index (χ1) is 10.5. The summed E-state index contributed by atoms with van der Waals surface area (Å²) in [5.74, 6) is 1.78. The quantitative estimate of drug-likeness (QED) is 0.847. The summed E-state index contributed by atoms with van der Waals surface area (Å²) in [7, 11) is 4.25. The van der Waals surface area contributed by atoms with Crippen molar-refractivity contribution in [2.75, 3.05) is 33.7 Å². The molecule has 1 spiro atoms. The number of likely N-dealkylation sites (N-methyl/N-ethyl adjacent to an activating group) is 1. The van der Waals surface area contributed by atoms with Gasteiger partial charge in [0, 0.05) is 26.1 Å². The first-order valence-electron chi connectivity index (χ1n) is 8.74. The Morgan fingerprint density at radius 2 is 2.14 bits per heavy atom. The third-order valence-corrected chi connectivity index (χ3v) is 5.29. The molecular formula is C19H30N2O. The molecule has 1 saturated heterocycles. The van der Waals surface area contributed by atoms with Crippen LogP contribution in [-0.2, 0) is 6.54 Å². The maximum absolute atomic E-state index is 6.55. The molecule has 1 fully saturated rings. The normalized spacial score (nSPS) is 28.1. The van der Waals surface area contributed by atoms with Gasteiger partial charge in [-0.15, -0.1) is 0 Å². The van der Waals surface area contributed by atoms with Gasteiger partial charge in [0.05, 0.1) is 0 Å². The first-order valence-corrected chi connectivity index (χ1v) is 8.74. The highest BCUT2D eigenvalue weighted by molar-refractivity contribution is 5.42. The number of fused-ring (bicyclic) bond motifs is 1. The number of likely N-dealkylation sites (tertiary alicyclic amines) is 1. The summed E-state index contributed by atoms with van der Waals surface area (Å²) in [6, 6.07) is 6.83. The molecule has 3 nitrogen and oxygen atoms in total. The van der Waals surface area contributed by atoms with Gasteiger partial charge >= 0.3 is 0 Å². The smallest absolute Gasteiger partial charge is 0.123 e. The average Bonchev–Trinajstić information content (AvgIpc) is 2.89. The van der Waals surface area contributed by atoms with Crippen LogP contribution in [0.4, 0.5) is 0 Å². The Bertz CT molecular complexity index is 528. The van der Waals surface area contributed by atoms with E-state index in [1.807, 2.05) is 0 Å². The van der Waals surface area contributed by atoms with Crippen LogP contribution in [0.3, 0.4) is 0 Å². The summed E-state index contributed by atoms with van der Waals surface area (Å²) >= 11 is 0. The molecule has 0 bridgehead atoms. The summed E-state index contributed by atoms with van der Waals surface area (Å²) in [6.45, 7) is 8.98. The highest BCUT2D eigenvalue weighted by Gasteiger charge is 2.45. The van der Waals surface area contributed by atoms with Crippen molar-refractivity contribution in [3.8, 4) is 5.75 Å². The average molecular weight is 302 g/mol. The summed E-state index contributed by atoms with van der Waals surface area (Å²) in [5.41, 5.74) is 2.89. The van der Waals surface area contributed by atoms with E-state index in [-0.39, 0.29) is 5.60 Å². The van der Waals surface area contributed by atoms with Crippen LogP contribution in [0.15, 0.2) is 18.2 Å². The standard InChI is InChI=1S/C19H30N2O/c1-5-16-12-19(9-10-21(6-2)14-19)22-18-8-7-15(11-17(16)18)13-20(3)4/h7-8,11,16H,5-6,9-10,12-14H2,1-4H3. The Labute approximate surface area is 135 Å². The molecule has 0 radical (unpaired) electrons. The van der Waals surface area contributed by atoms with Gasteiger partial charge in [-0.3, -0.25) is 4.90 Å². The molecule has 2 aliphatic rings. The van der Waals surface area contributed by atoms with Gasteiger partial charge in [0.15, 0.2) is 0 Å². The lowest BCUT2D eigenvalue weighted by molar-refractivity contribution is 0.0433. The summed E-state index contributed by atoms with van der Waals surface area (Å²) in [5, 5.41) is 0. The second kappa shape index (κ2) is 6.21. The van der Waals surface area contributed by atoms with Gasteiger partial charge in [0.2, 0.25) is 0 Å². The maximum Gasteiger partial charge on any atom is 0.123 e. The summed E-state index contributed by atoms with van der Waals surface area (Å²) in [6.07, 6.45) is 3.56. The molecular weight excluding hydrogens is 272 g/mol. The van der Waals surface area contributed by atoms with Crippen LogP contribution in [0.5, 0.6) is 5.75 Å². The lowest BCUT2D eigenvalue weighted by Gasteiger charge is -2.40. The molecule has 2 heterocycles. The van der Waals surface area contributed by atoms with E-state index in [9.17, 15) is 0 Å². The van der Waals surface area contributed by atoms with E-state index in [2.05, 4.69) is 55.9 Å². The number of rotatable bonds is 4. The van der Waals surface area contributed by atoms with Crippen LogP contribution >= 0.6 is 0 Å². The molecule has 1 aromatic carbocycles. The van der Waals surface area contributed by atoms with E-state index in [1.165, 1.54) is 36.9 Å². The Balaban J connectivity index is 1.87. The minimum atomic E-state index is 0.0623. The molecule has 3 rings (SSSR count). The van der Waals surface area contributed by atoms with Crippen molar-refractivity contribution in [3.63, 3.8) is 0 Å². The van der Waals surface area contributed by atoms with E-state index in [1.54, 1.807) is 0 Å². The molecule has 1 aromatic rings. The van der Waals surface area contributed by atoms with Gasteiger partial charge in [0.25, 0.3) is 0 Å². The second-order valence-corrected chi connectivity index (χ2v) is 7.32. The molecule has 0 N–H and O–H groups in total. The maximum atomic E-state index is 6.55. The van der Waals surface area contributed by atoms with Crippen molar-refractivity contribution in [2.24, 2.45) is 0 Å². The fourth-order valence-electron chi connectivity index (χ4n) is 4.12. The fraction of sp³-hybridized carbons (Fsp3) is 0.684. The van der Waals surface area contributed by atoms with Crippen molar-refractivity contribution < 1.29 is 4.74 Å². The van der Waals surface area contributed by atoms with E-state index in [0.717, 1.165) is 25.4 Å². The third-order valence-electron chi connectivity index (χ3n) is 5.29. The predicted octanol–water partition coefficient (Wildman–Crippen LogP) is 3.49. The third kappa shape index (κ3) is 3.02. The molecule has 0 amide bonds. The van der Waals surface area contributed by atoms with Gasteiger partial charge in [-0.05, 0) is 56.6 Å². The molecule has 2 aliphatic heterocycles. The lowest BCUT2D eigenvalue weighted by atomic mass is 9.80. The number of nitrogens with zero attached hydrogens (tertiary/aromatic N) is 2. The van der Waals surface area contributed by atoms with Crippen molar-refractivity contribution >= 4 is 0 Å². The van der Waals surface area contributed by atoms with Gasteiger partial charge in [0.1, 0.15) is 11.4 Å². The van der Waals surface area contributed by atoms with E-state index >= 15 is 0 Å². The molecule has 0 aliphatic carbocycles. The molecule has 122 valence electrons. The van der Waals surface area contributed by atoms with Crippen molar-refractivity contribution in [1.82, 2.24) is 9.80 Å². The van der Waals surface area contributed by atoms with Crippen molar-refractivity contribution in [2.45, 2.75) is 51.2 Å². The van der Waals surface area contributed by atoms with E-state index < -0.39 is 0 Å². The highest BCUT2D eigenvalue weighted by atomic mass is 16.5. The molecule has 2 atom stereocenters. The number of hydrogen-bond donors (Lipinski definition) is 0. The second-order valence-electron chi connectivity index (χ2n) is 7.32. The van der Waals surface area contributed by atoms with Crippen LogP contribution < -0.4 is 4.74 Å². The van der Waals surface area contributed by atoms with Crippen LogP contribution in [0.25, 0.3) is 0 Å². The zero-order valence-corrected chi connectivity index (χ0v) is 14.6. The number of benzene rings is 1. The molecule has 3 heteroatoms. The Morgan fingerprint density at radius 3 is 2.77 bits per heavy atom. The molecule has 22 heavy (non-hydrogen) atoms. The van der Waals surface area contributed by atoms with Crippen LogP contribution in [-0.4, -0.2) is 49.1 Å². The van der Waals surface area contributed by atoms with Gasteiger partial charge in [-0.25, -0.2) is 0 Å². The minimum Gasteiger partial charge on any atom is -0.486 e. The van der Waals surface area contributed by atoms with Crippen LogP contribution in [0.1, 0.15) is 50.2 Å². The SMILES string of the molecule is CCC1CC2(CCN(CC)C2)Oc2ccc(CN(C)C)cc21. The van der Waals surface area contributed by atoms with Crippen LogP contribution in [0, 0.1) is 0 Å². The zero-order chi connectivity index (χ0) is 15.7. The predicted molar refractivity (Wildman–Crippen MR) is 91.6 cm³/mol. The van der Waals surface area contributed by atoms with Gasteiger partial charge < -0.3 is 9.64 Å². The molecule has 0 saturated carbocycles. The molecule has 0 aromatic heterocycles. The number of hydrogen-bond acceptors (Lipinski definition) is 3. The Morgan fingerprint density at radius 1 is 1.32 bits per heavy atom. The Kier molecular flexibility index (Phi) is 4.47. The summed E-state index contributed by atoms with van der Waals surface area (Å²) < 4.78 is 6.55. The fourth-order valence-corrected chi connectivity index (χ4v) is 4.12. The lowest BCUT2D eigenvalue weighted by Crippen LogP contribution is -2.43. The largest absolute Gasteiger partial charge is 0.486 e. The molecule has 2 unspecified atom stereocenters. The number of ether oxygens (including phenoxy) is 1. The van der Waals surface area contributed by atoms with Crippen molar-refractivity contribution in [3.05, 3.63) is 29.3 Å². The monoisotopic (exact) mass is 302 g/mol. The minimum absolute atomic E-state index is 0.0623. The first kappa shape index (κ1) is 15.8. The highest BCUT2D eigenvalue weighted by Crippen LogP contribution is 2.46. The van der Waals surface area contributed by atoms with E-state index in [0.29, 0.717) is 5.92 Å². The Hall–Kier alpha value is -1.06. The summed E-state index contributed by atoms with van der Waals surface area (Å²) in [4.78, 5) is 4.75. The van der Waals surface area contributed by atoms with Crippen molar-refractivity contribution in [1.29, 1.82) is 0 Å². The zero-order valence-electron chi connectivity index (χ0n) is 14.6. The van der Waals surface area contributed by atoms with Crippen LogP contribution in [0.2, 0.25) is 0 Å².